The van der Waals surface area contributed by atoms with Crippen molar-refractivity contribution in [1.82, 2.24) is 9.88 Å². The van der Waals surface area contributed by atoms with Gasteiger partial charge in [-0.15, -0.1) is 0 Å². The van der Waals surface area contributed by atoms with Gasteiger partial charge >= 0.3 is 0 Å². The van der Waals surface area contributed by atoms with E-state index in [0.717, 1.165) is 12.8 Å². The molecule has 0 spiro atoms. The number of nitro groups is 1. The molecule has 0 aliphatic heterocycles. The first-order valence-electron chi connectivity index (χ1n) is 7.12. The number of carbonyl (C=O) groups excluding carboxylic acids is 1. The highest BCUT2D eigenvalue weighted by Crippen LogP contribution is 2.31. The molecule has 1 heterocycles. The van der Waals surface area contributed by atoms with Crippen LogP contribution in [0, 0.1) is 16.0 Å². The zero-order valence-corrected chi connectivity index (χ0v) is 12.3. The van der Waals surface area contributed by atoms with E-state index in [1.165, 1.54) is 16.8 Å². The quantitative estimate of drug-likeness (QED) is 0.651. The van der Waals surface area contributed by atoms with E-state index in [9.17, 15) is 20.0 Å². The first kappa shape index (κ1) is 15.5. The normalized spacial score (nSPS) is 25.6. The fraction of sp³-hybridized carbons (Fsp3) is 0.643. The molecule has 2 atom stereocenters. The van der Waals surface area contributed by atoms with Gasteiger partial charge in [-0.2, -0.15) is 0 Å². The minimum atomic E-state index is -0.871. The highest BCUT2D eigenvalue weighted by molar-refractivity contribution is 5.93. The molecule has 1 aliphatic rings. The standard InChI is InChI=1S/C14H21N3O4/c1-10-4-3-5-14(19,7-10)9-15-13(18)12-6-11(17(20)21)8-16(12)2/h6,8,10,19H,3-5,7,9H2,1-2H3,(H,15,18). The maximum atomic E-state index is 12.1. The van der Waals surface area contributed by atoms with E-state index in [0.29, 0.717) is 18.8 Å². The minimum Gasteiger partial charge on any atom is -0.388 e. The van der Waals surface area contributed by atoms with Crippen LogP contribution in [0.4, 0.5) is 5.69 Å². The van der Waals surface area contributed by atoms with Gasteiger partial charge in [-0.05, 0) is 18.8 Å². The van der Waals surface area contributed by atoms with E-state index in [4.69, 9.17) is 0 Å². The summed E-state index contributed by atoms with van der Waals surface area (Å²) in [6.07, 6.45) is 4.68. The predicted molar refractivity (Wildman–Crippen MR) is 77.0 cm³/mol. The molecule has 2 unspecified atom stereocenters. The summed E-state index contributed by atoms with van der Waals surface area (Å²) in [4.78, 5) is 22.3. The van der Waals surface area contributed by atoms with Crippen LogP contribution in [0.3, 0.4) is 0 Å². The van der Waals surface area contributed by atoms with Crippen LogP contribution in [-0.4, -0.2) is 32.6 Å². The Morgan fingerprint density at radius 1 is 1.67 bits per heavy atom. The third-order valence-electron chi connectivity index (χ3n) is 4.08. The van der Waals surface area contributed by atoms with Crippen LogP contribution in [0.1, 0.15) is 43.1 Å². The van der Waals surface area contributed by atoms with Gasteiger partial charge in [-0.3, -0.25) is 14.9 Å². The van der Waals surface area contributed by atoms with Gasteiger partial charge in [-0.25, -0.2) is 0 Å². The lowest BCUT2D eigenvalue weighted by Gasteiger charge is -2.35. The Labute approximate surface area is 123 Å². The van der Waals surface area contributed by atoms with Crippen LogP contribution in [0.15, 0.2) is 12.3 Å². The third-order valence-corrected chi connectivity index (χ3v) is 4.08. The third kappa shape index (κ3) is 3.60. The van der Waals surface area contributed by atoms with Crippen molar-refractivity contribution >= 4 is 11.6 Å². The molecule has 0 radical (unpaired) electrons. The van der Waals surface area contributed by atoms with Gasteiger partial charge in [0.05, 0.1) is 16.7 Å². The maximum Gasteiger partial charge on any atom is 0.287 e. The van der Waals surface area contributed by atoms with Crippen LogP contribution < -0.4 is 5.32 Å². The van der Waals surface area contributed by atoms with E-state index in [1.54, 1.807) is 7.05 Å². The van der Waals surface area contributed by atoms with Gasteiger partial charge in [0, 0.05) is 19.7 Å². The SMILES string of the molecule is CC1CCCC(O)(CNC(=O)c2cc([N+](=O)[O-])cn2C)C1. The van der Waals surface area contributed by atoms with Crippen LogP contribution in [0.2, 0.25) is 0 Å². The molecule has 21 heavy (non-hydrogen) atoms. The first-order chi connectivity index (χ1) is 9.81. The van der Waals surface area contributed by atoms with Crippen molar-refractivity contribution in [3.63, 3.8) is 0 Å². The largest absolute Gasteiger partial charge is 0.388 e. The Morgan fingerprint density at radius 2 is 2.38 bits per heavy atom. The Balaban J connectivity index is 2.00. The molecule has 7 heteroatoms. The topological polar surface area (TPSA) is 97.4 Å². The van der Waals surface area contributed by atoms with Crippen molar-refractivity contribution in [2.45, 2.75) is 38.2 Å². The van der Waals surface area contributed by atoms with Gasteiger partial charge in [0.2, 0.25) is 0 Å². The lowest BCUT2D eigenvalue weighted by Crippen LogP contribution is -2.46. The van der Waals surface area contributed by atoms with Crippen LogP contribution in [0.25, 0.3) is 0 Å². The fourth-order valence-corrected chi connectivity index (χ4v) is 3.00. The molecule has 7 nitrogen and oxygen atoms in total. The molecule has 2 N–H and O–H groups in total. The van der Waals surface area contributed by atoms with Crippen molar-refractivity contribution in [2.24, 2.45) is 13.0 Å². The number of aliphatic hydroxyl groups is 1. The number of nitrogens with zero attached hydrogens (tertiary/aromatic N) is 2. The summed E-state index contributed by atoms with van der Waals surface area (Å²) in [5, 5.41) is 23.9. The number of amides is 1. The zero-order chi connectivity index (χ0) is 15.6. The van der Waals surface area contributed by atoms with Crippen LogP contribution >= 0.6 is 0 Å². The molecule has 1 fully saturated rings. The smallest absolute Gasteiger partial charge is 0.287 e. The van der Waals surface area contributed by atoms with E-state index < -0.39 is 16.4 Å². The van der Waals surface area contributed by atoms with E-state index >= 15 is 0 Å². The number of aryl methyl sites for hydroxylation is 1. The van der Waals surface area contributed by atoms with Crippen LogP contribution in [0.5, 0.6) is 0 Å². The Hall–Kier alpha value is -1.89. The lowest BCUT2D eigenvalue weighted by molar-refractivity contribution is -0.384. The maximum absolute atomic E-state index is 12.1. The number of aromatic nitrogens is 1. The number of hydrogen-bond donors (Lipinski definition) is 2. The average molecular weight is 295 g/mol. The Morgan fingerprint density at radius 3 is 2.95 bits per heavy atom. The van der Waals surface area contributed by atoms with Gasteiger partial charge in [0.1, 0.15) is 5.69 Å². The lowest BCUT2D eigenvalue weighted by atomic mass is 9.79. The van der Waals surface area contributed by atoms with Gasteiger partial charge in [0.25, 0.3) is 11.6 Å². The van der Waals surface area contributed by atoms with E-state index in [1.807, 2.05) is 0 Å². The highest BCUT2D eigenvalue weighted by atomic mass is 16.6. The second kappa shape index (κ2) is 5.85. The van der Waals surface area contributed by atoms with Crippen molar-refractivity contribution in [3.05, 3.63) is 28.1 Å². The highest BCUT2D eigenvalue weighted by Gasteiger charge is 2.33. The summed E-state index contributed by atoms with van der Waals surface area (Å²) in [5.41, 5.74) is -0.772. The molecule has 1 aromatic heterocycles. The molecule has 1 aliphatic carbocycles. The Kier molecular flexibility index (Phi) is 4.32. The summed E-state index contributed by atoms with van der Waals surface area (Å²) < 4.78 is 1.42. The molecule has 1 aromatic rings. The molecule has 2 rings (SSSR count). The summed E-state index contributed by atoms with van der Waals surface area (Å²) >= 11 is 0. The van der Waals surface area contributed by atoms with Crippen molar-refractivity contribution in [1.29, 1.82) is 0 Å². The summed E-state index contributed by atoms with van der Waals surface area (Å²) in [7, 11) is 1.58. The van der Waals surface area contributed by atoms with Crippen molar-refractivity contribution in [2.75, 3.05) is 6.54 Å². The minimum absolute atomic E-state index is 0.118. The zero-order valence-electron chi connectivity index (χ0n) is 12.3. The summed E-state index contributed by atoms with van der Waals surface area (Å²) in [5.74, 6) is 0.0361. The monoisotopic (exact) mass is 295 g/mol. The number of hydrogen-bond acceptors (Lipinski definition) is 4. The number of rotatable bonds is 4. The number of carbonyl (C=O) groups is 1. The first-order valence-corrected chi connectivity index (χ1v) is 7.12. The molecule has 0 bridgehead atoms. The molecule has 0 aromatic carbocycles. The van der Waals surface area contributed by atoms with E-state index in [-0.39, 0.29) is 17.9 Å². The predicted octanol–water partition coefficient (Wildman–Crippen LogP) is 1.60. The fourth-order valence-electron chi connectivity index (χ4n) is 3.00. The second-order valence-corrected chi connectivity index (χ2v) is 6.06. The van der Waals surface area contributed by atoms with Gasteiger partial charge in [-0.1, -0.05) is 19.8 Å². The molecular formula is C14H21N3O4. The molecule has 116 valence electrons. The average Bonchev–Trinajstić information content (AvgIpc) is 2.78. The van der Waals surface area contributed by atoms with Gasteiger partial charge < -0.3 is 15.0 Å². The number of nitrogens with one attached hydrogen (secondary N) is 1. The molecule has 1 amide bonds. The second-order valence-electron chi connectivity index (χ2n) is 6.06. The summed E-state index contributed by atoms with van der Waals surface area (Å²) in [6.45, 7) is 2.27. The van der Waals surface area contributed by atoms with Crippen LogP contribution in [-0.2, 0) is 7.05 Å². The van der Waals surface area contributed by atoms with E-state index in [2.05, 4.69) is 12.2 Å². The van der Waals surface area contributed by atoms with Crippen molar-refractivity contribution < 1.29 is 14.8 Å². The molecule has 0 saturated heterocycles. The molecular weight excluding hydrogens is 274 g/mol. The molecule has 1 saturated carbocycles. The van der Waals surface area contributed by atoms with Crippen molar-refractivity contribution in [3.8, 4) is 0 Å². The summed E-state index contributed by atoms with van der Waals surface area (Å²) in [6, 6.07) is 1.24. The van der Waals surface area contributed by atoms with Gasteiger partial charge in [0.15, 0.2) is 0 Å². The Bertz CT molecular complexity index is 554.